The van der Waals surface area contributed by atoms with E-state index in [0.29, 0.717) is 21.3 Å². The van der Waals surface area contributed by atoms with Crippen molar-refractivity contribution in [3.8, 4) is 0 Å². The smallest absolute Gasteiger partial charge is 0.257 e. The zero-order valence-corrected chi connectivity index (χ0v) is 15.0. The molecule has 3 aromatic rings. The van der Waals surface area contributed by atoms with Gasteiger partial charge in [-0.1, -0.05) is 53.0 Å². The van der Waals surface area contributed by atoms with Gasteiger partial charge in [0.15, 0.2) is 0 Å². The lowest BCUT2D eigenvalue weighted by molar-refractivity contribution is 0.102. The van der Waals surface area contributed by atoms with Crippen LogP contribution in [0.3, 0.4) is 0 Å². The van der Waals surface area contributed by atoms with Crippen LogP contribution in [0.25, 0.3) is 0 Å². The Hall–Kier alpha value is -2.49. The van der Waals surface area contributed by atoms with Crippen LogP contribution in [0.4, 0.5) is 17.1 Å². The van der Waals surface area contributed by atoms with E-state index < -0.39 is 0 Å². The van der Waals surface area contributed by atoms with E-state index in [1.807, 2.05) is 55.5 Å². The number of carbonyl (C=O) groups is 1. The van der Waals surface area contributed by atoms with Crippen molar-refractivity contribution in [2.45, 2.75) is 6.92 Å². The molecule has 0 aliphatic rings. The molecular weight excluding hydrogens is 355 g/mol. The number of carbonyl (C=O) groups excluding carboxylic acids is 1. The molecule has 25 heavy (non-hydrogen) atoms. The number of amides is 1. The molecule has 1 amide bonds. The van der Waals surface area contributed by atoms with Crippen LogP contribution in [-0.4, -0.2) is 5.91 Å². The lowest BCUT2D eigenvalue weighted by Gasteiger charge is -2.14. The minimum atomic E-state index is -0.314. The second-order valence-corrected chi connectivity index (χ2v) is 6.46. The quantitative estimate of drug-likeness (QED) is 0.565. The zero-order chi connectivity index (χ0) is 17.8. The van der Waals surface area contributed by atoms with E-state index in [4.69, 9.17) is 23.2 Å². The second-order valence-electron chi connectivity index (χ2n) is 5.61. The molecule has 0 atom stereocenters. The van der Waals surface area contributed by atoms with Crippen LogP contribution < -0.4 is 10.6 Å². The van der Waals surface area contributed by atoms with Gasteiger partial charge < -0.3 is 10.6 Å². The molecule has 0 unspecified atom stereocenters. The van der Waals surface area contributed by atoms with Crippen LogP contribution in [0, 0.1) is 6.92 Å². The van der Waals surface area contributed by atoms with Gasteiger partial charge in [0.2, 0.25) is 0 Å². The summed E-state index contributed by atoms with van der Waals surface area (Å²) in [5, 5.41) is 7.00. The Morgan fingerprint density at radius 2 is 1.56 bits per heavy atom. The molecular formula is C20H16Cl2N2O. The fraction of sp³-hybridized carbons (Fsp3) is 0.0500. The molecule has 126 valence electrons. The third kappa shape index (κ3) is 4.32. The van der Waals surface area contributed by atoms with Crippen molar-refractivity contribution in [2.75, 3.05) is 10.6 Å². The van der Waals surface area contributed by atoms with Crippen molar-refractivity contribution in [1.29, 1.82) is 0 Å². The van der Waals surface area contributed by atoms with Gasteiger partial charge in [-0.25, -0.2) is 0 Å². The van der Waals surface area contributed by atoms with Crippen molar-refractivity contribution >= 4 is 46.2 Å². The first-order valence-electron chi connectivity index (χ1n) is 7.72. The van der Waals surface area contributed by atoms with Crippen LogP contribution >= 0.6 is 23.2 Å². The number of hydrogen-bond donors (Lipinski definition) is 2. The highest BCUT2D eigenvalue weighted by Crippen LogP contribution is 2.27. The molecule has 5 heteroatoms. The number of hydrogen-bond acceptors (Lipinski definition) is 2. The molecule has 0 bridgehead atoms. The molecule has 0 radical (unpaired) electrons. The number of nitrogens with one attached hydrogen (secondary N) is 2. The summed E-state index contributed by atoms with van der Waals surface area (Å²) in [6, 6.07) is 20.3. The summed E-state index contributed by atoms with van der Waals surface area (Å²) in [7, 11) is 0. The van der Waals surface area contributed by atoms with E-state index in [2.05, 4.69) is 10.6 Å². The molecule has 0 saturated heterocycles. The second kappa shape index (κ2) is 7.60. The van der Waals surface area contributed by atoms with Gasteiger partial charge in [-0.05, 0) is 49.4 Å². The average molecular weight is 371 g/mol. The Kier molecular flexibility index (Phi) is 5.27. The largest absolute Gasteiger partial charge is 0.354 e. The fourth-order valence-electron chi connectivity index (χ4n) is 2.35. The van der Waals surface area contributed by atoms with Gasteiger partial charge in [0.05, 0.1) is 22.0 Å². The van der Waals surface area contributed by atoms with Gasteiger partial charge >= 0.3 is 0 Å². The van der Waals surface area contributed by atoms with Crippen LogP contribution in [0.15, 0.2) is 66.7 Å². The minimum Gasteiger partial charge on any atom is -0.354 e. The Bertz CT molecular complexity index is 908. The van der Waals surface area contributed by atoms with E-state index >= 15 is 0 Å². The average Bonchev–Trinajstić information content (AvgIpc) is 2.60. The maximum Gasteiger partial charge on any atom is 0.257 e. The van der Waals surface area contributed by atoms with Crippen LogP contribution in [0.1, 0.15) is 15.9 Å². The van der Waals surface area contributed by atoms with Gasteiger partial charge in [0.25, 0.3) is 5.91 Å². The van der Waals surface area contributed by atoms with E-state index in [1.54, 1.807) is 18.2 Å². The number of benzene rings is 3. The SMILES string of the molecule is Cc1ccc(Nc2ccccc2NC(=O)c2cc(Cl)ccc2Cl)cc1. The highest BCUT2D eigenvalue weighted by molar-refractivity contribution is 6.36. The summed E-state index contributed by atoms with van der Waals surface area (Å²) in [6.07, 6.45) is 0. The monoisotopic (exact) mass is 370 g/mol. The number of aryl methyl sites for hydroxylation is 1. The van der Waals surface area contributed by atoms with Gasteiger partial charge in [-0.15, -0.1) is 0 Å². The van der Waals surface area contributed by atoms with Gasteiger partial charge in [0.1, 0.15) is 0 Å². The first-order chi connectivity index (χ1) is 12.0. The minimum absolute atomic E-state index is 0.314. The predicted molar refractivity (Wildman–Crippen MR) is 105 cm³/mol. The Morgan fingerprint density at radius 3 is 2.28 bits per heavy atom. The normalized spacial score (nSPS) is 10.4. The third-order valence-corrected chi connectivity index (χ3v) is 4.24. The first kappa shape index (κ1) is 17.3. The summed E-state index contributed by atoms with van der Waals surface area (Å²) in [5.74, 6) is -0.314. The molecule has 0 saturated carbocycles. The van der Waals surface area contributed by atoms with Crippen molar-refractivity contribution in [1.82, 2.24) is 0 Å². The number of rotatable bonds is 4. The van der Waals surface area contributed by atoms with E-state index in [0.717, 1.165) is 11.4 Å². The molecule has 3 aromatic carbocycles. The first-order valence-corrected chi connectivity index (χ1v) is 8.47. The summed E-state index contributed by atoms with van der Waals surface area (Å²) >= 11 is 12.1. The third-order valence-electron chi connectivity index (χ3n) is 3.68. The standard InChI is InChI=1S/C20H16Cl2N2O/c1-13-6-9-15(10-7-13)23-18-4-2-3-5-19(18)24-20(25)16-12-14(21)8-11-17(16)22/h2-12,23H,1H3,(H,24,25). The highest BCUT2D eigenvalue weighted by atomic mass is 35.5. The number of para-hydroxylation sites is 2. The molecule has 0 aromatic heterocycles. The Balaban J connectivity index is 1.84. The van der Waals surface area contributed by atoms with E-state index in [1.165, 1.54) is 5.56 Å². The lowest BCUT2D eigenvalue weighted by atomic mass is 10.2. The van der Waals surface area contributed by atoms with Crippen molar-refractivity contribution in [3.05, 3.63) is 87.9 Å². The molecule has 3 nitrogen and oxygen atoms in total. The Labute approximate surface area is 156 Å². The fourth-order valence-corrected chi connectivity index (χ4v) is 2.73. The molecule has 0 fully saturated rings. The Morgan fingerprint density at radius 1 is 0.880 bits per heavy atom. The predicted octanol–water partition coefficient (Wildman–Crippen LogP) is 6.30. The topological polar surface area (TPSA) is 41.1 Å². The van der Waals surface area contributed by atoms with Gasteiger partial charge in [-0.3, -0.25) is 4.79 Å². The van der Waals surface area contributed by atoms with Crippen molar-refractivity contribution in [2.24, 2.45) is 0 Å². The molecule has 0 spiro atoms. The number of anilines is 3. The molecule has 0 aliphatic heterocycles. The summed E-state index contributed by atoms with van der Waals surface area (Å²) in [5.41, 5.74) is 3.90. The molecule has 0 aliphatic carbocycles. The van der Waals surface area contributed by atoms with Gasteiger partial charge in [-0.2, -0.15) is 0 Å². The maximum atomic E-state index is 12.6. The molecule has 0 heterocycles. The lowest BCUT2D eigenvalue weighted by Crippen LogP contribution is -2.13. The maximum absolute atomic E-state index is 12.6. The highest BCUT2D eigenvalue weighted by Gasteiger charge is 2.13. The van der Waals surface area contributed by atoms with Crippen molar-refractivity contribution in [3.63, 3.8) is 0 Å². The van der Waals surface area contributed by atoms with Crippen LogP contribution in [-0.2, 0) is 0 Å². The van der Waals surface area contributed by atoms with Crippen LogP contribution in [0.2, 0.25) is 10.0 Å². The molecule has 3 rings (SSSR count). The summed E-state index contributed by atoms with van der Waals surface area (Å²) < 4.78 is 0. The van der Waals surface area contributed by atoms with Gasteiger partial charge in [0, 0.05) is 10.7 Å². The van der Waals surface area contributed by atoms with E-state index in [9.17, 15) is 4.79 Å². The molecule has 2 N–H and O–H groups in total. The van der Waals surface area contributed by atoms with Crippen LogP contribution in [0.5, 0.6) is 0 Å². The summed E-state index contributed by atoms with van der Waals surface area (Å²) in [6.45, 7) is 2.03. The number of halogens is 2. The zero-order valence-electron chi connectivity index (χ0n) is 13.5. The van der Waals surface area contributed by atoms with Crippen molar-refractivity contribution < 1.29 is 4.79 Å². The summed E-state index contributed by atoms with van der Waals surface area (Å²) in [4.78, 5) is 12.6. The van der Waals surface area contributed by atoms with E-state index in [-0.39, 0.29) is 5.91 Å².